The molecule has 0 aliphatic carbocycles. The molecule has 0 unspecified atom stereocenters. The van der Waals surface area contributed by atoms with Crippen molar-refractivity contribution in [2.75, 3.05) is 0 Å². The van der Waals surface area contributed by atoms with E-state index in [1.807, 2.05) is 0 Å². The summed E-state index contributed by atoms with van der Waals surface area (Å²) in [5, 5.41) is 19.8. The van der Waals surface area contributed by atoms with Crippen LogP contribution in [-0.2, 0) is 9.84 Å². The minimum atomic E-state index is -3.78. The molecular formula is C17H20O4S. The molecule has 0 radical (unpaired) electrons. The van der Waals surface area contributed by atoms with Gasteiger partial charge < -0.3 is 10.2 Å². The number of sulfone groups is 1. The minimum absolute atomic E-state index is 0.00247. The summed E-state index contributed by atoms with van der Waals surface area (Å²) in [6, 6.07) is 4.58. The van der Waals surface area contributed by atoms with Gasteiger partial charge >= 0.3 is 0 Å². The van der Waals surface area contributed by atoms with E-state index in [1.165, 1.54) is 12.1 Å². The number of phenols is 2. The van der Waals surface area contributed by atoms with E-state index in [-0.39, 0.29) is 21.3 Å². The van der Waals surface area contributed by atoms with Crippen molar-refractivity contribution in [3.05, 3.63) is 46.0 Å². The van der Waals surface area contributed by atoms with Crippen LogP contribution in [0, 0.1) is 34.6 Å². The molecule has 0 fully saturated rings. The molecule has 0 aliphatic heterocycles. The molecule has 0 atom stereocenters. The Morgan fingerprint density at radius 2 is 1.36 bits per heavy atom. The molecule has 0 amide bonds. The van der Waals surface area contributed by atoms with Crippen LogP contribution in [0.5, 0.6) is 11.5 Å². The van der Waals surface area contributed by atoms with Crippen molar-refractivity contribution in [2.24, 2.45) is 0 Å². The second kappa shape index (κ2) is 5.32. The van der Waals surface area contributed by atoms with Gasteiger partial charge in [0, 0.05) is 5.56 Å². The quantitative estimate of drug-likeness (QED) is 0.888. The summed E-state index contributed by atoms with van der Waals surface area (Å²) in [7, 11) is -3.78. The van der Waals surface area contributed by atoms with Crippen LogP contribution in [0.4, 0.5) is 0 Å². The Kier molecular flexibility index (Phi) is 3.96. The van der Waals surface area contributed by atoms with Gasteiger partial charge in [-0.25, -0.2) is 8.42 Å². The summed E-state index contributed by atoms with van der Waals surface area (Å²) >= 11 is 0. The van der Waals surface area contributed by atoms with Crippen LogP contribution < -0.4 is 0 Å². The van der Waals surface area contributed by atoms with Crippen LogP contribution in [-0.4, -0.2) is 18.6 Å². The maximum Gasteiger partial charge on any atom is 0.207 e. The van der Waals surface area contributed by atoms with Crippen molar-refractivity contribution < 1.29 is 18.6 Å². The van der Waals surface area contributed by atoms with Gasteiger partial charge in [-0.05, 0) is 69.0 Å². The highest BCUT2D eigenvalue weighted by Gasteiger charge is 2.27. The number of aryl methyl sites for hydroxylation is 4. The third kappa shape index (κ3) is 2.46. The lowest BCUT2D eigenvalue weighted by molar-refractivity contribution is 0.463. The van der Waals surface area contributed by atoms with Crippen molar-refractivity contribution in [3.63, 3.8) is 0 Å². The van der Waals surface area contributed by atoms with E-state index in [4.69, 9.17) is 0 Å². The Morgan fingerprint density at radius 3 is 1.95 bits per heavy atom. The van der Waals surface area contributed by atoms with Crippen molar-refractivity contribution in [1.82, 2.24) is 0 Å². The van der Waals surface area contributed by atoms with Crippen molar-refractivity contribution in [2.45, 2.75) is 44.4 Å². The van der Waals surface area contributed by atoms with E-state index in [1.54, 1.807) is 40.7 Å². The van der Waals surface area contributed by atoms with Crippen LogP contribution in [0.15, 0.2) is 28.0 Å². The Balaban J connectivity index is 2.83. The molecule has 2 aromatic rings. The van der Waals surface area contributed by atoms with Crippen molar-refractivity contribution in [1.29, 1.82) is 0 Å². The molecule has 2 rings (SSSR count). The average molecular weight is 320 g/mol. The van der Waals surface area contributed by atoms with Crippen LogP contribution in [0.1, 0.15) is 27.8 Å². The van der Waals surface area contributed by atoms with Gasteiger partial charge in [-0.15, -0.1) is 0 Å². The summed E-state index contributed by atoms with van der Waals surface area (Å²) in [5.74, 6) is 0.0639. The topological polar surface area (TPSA) is 74.6 Å². The lowest BCUT2D eigenvalue weighted by atomic mass is 10.1. The molecule has 22 heavy (non-hydrogen) atoms. The van der Waals surface area contributed by atoms with Gasteiger partial charge in [-0.1, -0.05) is 6.07 Å². The highest BCUT2D eigenvalue weighted by atomic mass is 32.2. The predicted octanol–water partition coefficient (Wildman–Crippen LogP) is 3.47. The van der Waals surface area contributed by atoms with Gasteiger partial charge in [0.25, 0.3) is 0 Å². The number of hydrogen-bond donors (Lipinski definition) is 2. The standard InChI is InChI=1S/C17H20O4S/c1-9-8-15(10(2)7-14(9)18)22(20,21)17-12(4)6-11(3)16(19)13(17)5/h6-8,18-19H,1-5H3. The van der Waals surface area contributed by atoms with Crippen LogP contribution >= 0.6 is 0 Å². The first-order valence-electron chi connectivity index (χ1n) is 6.92. The summed E-state index contributed by atoms with van der Waals surface area (Å²) in [6.07, 6.45) is 0. The largest absolute Gasteiger partial charge is 0.508 e. The molecular weight excluding hydrogens is 300 g/mol. The molecule has 2 aromatic carbocycles. The zero-order valence-electron chi connectivity index (χ0n) is 13.4. The third-order valence-corrected chi connectivity index (χ3v) is 6.10. The Bertz CT molecular complexity index is 865. The maximum atomic E-state index is 13.0. The average Bonchev–Trinajstić information content (AvgIpc) is 2.39. The Labute approximate surface area is 131 Å². The maximum absolute atomic E-state index is 13.0. The van der Waals surface area contributed by atoms with E-state index in [9.17, 15) is 18.6 Å². The molecule has 0 heterocycles. The summed E-state index contributed by atoms with van der Waals surface area (Å²) in [4.78, 5) is 0.279. The smallest absolute Gasteiger partial charge is 0.207 e. The highest BCUT2D eigenvalue weighted by Crippen LogP contribution is 2.36. The number of benzene rings is 2. The Hall–Kier alpha value is -2.01. The normalized spacial score (nSPS) is 11.7. The molecule has 118 valence electrons. The van der Waals surface area contributed by atoms with Gasteiger partial charge in [0.2, 0.25) is 9.84 Å². The molecule has 2 N–H and O–H groups in total. The number of phenolic OH excluding ortho intramolecular Hbond substituents is 2. The fourth-order valence-electron chi connectivity index (χ4n) is 2.75. The minimum Gasteiger partial charge on any atom is -0.508 e. The molecule has 0 saturated heterocycles. The molecule has 4 nitrogen and oxygen atoms in total. The van der Waals surface area contributed by atoms with Crippen molar-refractivity contribution >= 4 is 9.84 Å². The summed E-state index contributed by atoms with van der Waals surface area (Å²) < 4.78 is 26.1. The monoisotopic (exact) mass is 320 g/mol. The zero-order valence-corrected chi connectivity index (χ0v) is 14.2. The first-order chi connectivity index (χ1) is 10.1. The number of aromatic hydroxyl groups is 2. The van der Waals surface area contributed by atoms with E-state index < -0.39 is 9.84 Å². The fourth-order valence-corrected chi connectivity index (χ4v) is 4.76. The second-order valence-corrected chi connectivity index (χ2v) is 7.58. The van der Waals surface area contributed by atoms with Gasteiger partial charge in [0.15, 0.2) is 0 Å². The van der Waals surface area contributed by atoms with E-state index >= 15 is 0 Å². The van der Waals surface area contributed by atoms with Gasteiger partial charge in [-0.3, -0.25) is 0 Å². The second-order valence-electron chi connectivity index (χ2n) is 5.72. The van der Waals surface area contributed by atoms with Crippen LogP contribution in [0.25, 0.3) is 0 Å². The third-order valence-electron chi connectivity index (χ3n) is 3.91. The van der Waals surface area contributed by atoms with Gasteiger partial charge in [-0.2, -0.15) is 0 Å². The molecule has 0 spiro atoms. The van der Waals surface area contributed by atoms with E-state index in [0.29, 0.717) is 27.8 Å². The lowest BCUT2D eigenvalue weighted by Crippen LogP contribution is -2.09. The lowest BCUT2D eigenvalue weighted by Gasteiger charge is -2.16. The molecule has 5 heteroatoms. The fraction of sp³-hybridized carbons (Fsp3) is 0.294. The summed E-state index contributed by atoms with van der Waals surface area (Å²) in [5.41, 5.74) is 2.56. The highest BCUT2D eigenvalue weighted by molar-refractivity contribution is 7.91. The number of rotatable bonds is 2. The zero-order chi connectivity index (χ0) is 16.8. The van der Waals surface area contributed by atoms with E-state index in [2.05, 4.69) is 0 Å². The first-order valence-corrected chi connectivity index (χ1v) is 8.40. The Morgan fingerprint density at radius 1 is 0.773 bits per heavy atom. The van der Waals surface area contributed by atoms with E-state index in [0.717, 1.165) is 0 Å². The molecule has 0 aromatic heterocycles. The van der Waals surface area contributed by atoms with Gasteiger partial charge in [0.05, 0.1) is 9.79 Å². The number of hydrogen-bond acceptors (Lipinski definition) is 4. The SMILES string of the molecule is Cc1cc(S(=O)(=O)c2c(C)cc(C)c(O)c2C)c(C)cc1O. The van der Waals surface area contributed by atoms with Gasteiger partial charge in [0.1, 0.15) is 11.5 Å². The molecule has 0 saturated carbocycles. The summed E-state index contributed by atoms with van der Waals surface area (Å²) in [6.45, 7) is 8.35. The molecule has 0 aliphatic rings. The predicted molar refractivity (Wildman–Crippen MR) is 85.4 cm³/mol. The van der Waals surface area contributed by atoms with Crippen LogP contribution in [0.2, 0.25) is 0 Å². The molecule has 0 bridgehead atoms. The van der Waals surface area contributed by atoms with Crippen LogP contribution in [0.3, 0.4) is 0 Å². The first kappa shape index (κ1) is 16.4. The van der Waals surface area contributed by atoms with Crippen molar-refractivity contribution in [3.8, 4) is 11.5 Å².